The molecule has 0 radical (unpaired) electrons. The maximum Gasteiger partial charge on any atom is 0.260 e. The smallest absolute Gasteiger partial charge is 0.260 e. The monoisotopic (exact) mass is 269 g/mol. The summed E-state index contributed by atoms with van der Waals surface area (Å²) in [4.78, 5) is 11.7. The van der Waals surface area contributed by atoms with Crippen LogP contribution in [0.5, 0.6) is 5.75 Å². The zero-order chi connectivity index (χ0) is 13.5. The second-order valence-corrected chi connectivity index (χ2v) is 5.13. The molecule has 0 heterocycles. The van der Waals surface area contributed by atoms with Gasteiger partial charge in [-0.1, -0.05) is 31.5 Å². The number of carbonyl (C=O) groups excluding carboxylic acids is 1. The van der Waals surface area contributed by atoms with Crippen LogP contribution in [0.2, 0.25) is 5.02 Å². The molecule has 100 valence electrons. The molecule has 0 fully saturated rings. The van der Waals surface area contributed by atoms with Crippen molar-refractivity contribution in [1.82, 2.24) is 5.32 Å². The molecule has 0 aliphatic rings. The van der Waals surface area contributed by atoms with Crippen LogP contribution in [0.4, 0.5) is 0 Å². The number of amides is 1. The van der Waals surface area contributed by atoms with Crippen LogP contribution in [0.1, 0.15) is 27.2 Å². The molecule has 0 aliphatic carbocycles. The van der Waals surface area contributed by atoms with Gasteiger partial charge in [0.25, 0.3) is 5.91 Å². The van der Waals surface area contributed by atoms with Gasteiger partial charge < -0.3 is 10.1 Å². The Morgan fingerprint density at radius 3 is 2.72 bits per heavy atom. The quantitative estimate of drug-likeness (QED) is 0.861. The molecule has 1 N–H and O–H groups in total. The van der Waals surface area contributed by atoms with Crippen LogP contribution in [0, 0.1) is 5.92 Å². The molecule has 1 atom stereocenters. The van der Waals surface area contributed by atoms with E-state index in [1.807, 2.05) is 0 Å². The highest BCUT2D eigenvalue weighted by atomic mass is 35.5. The van der Waals surface area contributed by atoms with Crippen molar-refractivity contribution in [1.29, 1.82) is 0 Å². The van der Waals surface area contributed by atoms with Crippen molar-refractivity contribution in [2.75, 3.05) is 6.54 Å². The fraction of sp³-hybridized carbons (Fsp3) is 0.500. The molecule has 1 aromatic rings. The van der Waals surface area contributed by atoms with Crippen molar-refractivity contribution in [3.05, 3.63) is 29.3 Å². The second-order valence-electron chi connectivity index (χ2n) is 4.69. The molecule has 3 nitrogen and oxygen atoms in total. The van der Waals surface area contributed by atoms with E-state index in [2.05, 4.69) is 19.2 Å². The van der Waals surface area contributed by atoms with Gasteiger partial charge in [-0.15, -0.1) is 0 Å². The van der Waals surface area contributed by atoms with Crippen molar-refractivity contribution in [3.63, 3.8) is 0 Å². The van der Waals surface area contributed by atoms with Gasteiger partial charge in [0.05, 0.1) is 0 Å². The van der Waals surface area contributed by atoms with E-state index in [4.69, 9.17) is 16.3 Å². The molecule has 18 heavy (non-hydrogen) atoms. The van der Waals surface area contributed by atoms with Gasteiger partial charge in [0.1, 0.15) is 5.75 Å². The highest BCUT2D eigenvalue weighted by Gasteiger charge is 2.14. The first-order valence-electron chi connectivity index (χ1n) is 6.19. The molecule has 0 aromatic heterocycles. The van der Waals surface area contributed by atoms with Crippen LogP contribution in [-0.4, -0.2) is 18.6 Å². The van der Waals surface area contributed by atoms with Gasteiger partial charge in [-0.3, -0.25) is 4.79 Å². The van der Waals surface area contributed by atoms with Crippen molar-refractivity contribution >= 4 is 17.5 Å². The summed E-state index contributed by atoms with van der Waals surface area (Å²) in [5.41, 5.74) is 0. The average Bonchev–Trinajstić information content (AvgIpc) is 2.28. The van der Waals surface area contributed by atoms with E-state index in [-0.39, 0.29) is 5.91 Å². The summed E-state index contributed by atoms with van der Waals surface area (Å²) >= 11 is 5.85. The van der Waals surface area contributed by atoms with Crippen LogP contribution in [0.3, 0.4) is 0 Å². The predicted octanol–water partition coefficient (Wildman–Crippen LogP) is 3.27. The zero-order valence-electron chi connectivity index (χ0n) is 11.1. The van der Waals surface area contributed by atoms with Gasteiger partial charge in [-0.2, -0.15) is 0 Å². The van der Waals surface area contributed by atoms with Gasteiger partial charge in [-0.05, 0) is 37.5 Å². The molecule has 1 rings (SSSR count). The number of halogens is 1. The topological polar surface area (TPSA) is 38.3 Å². The SMILES string of the molecule is CC(C)CCNC(=O)[C@H](C)Oc1cccc(Cl)c1. The van der Waals surface area contributed by atoms with Crippen LogP contribution >= 0.6 is 11.6 Å². The van der Waals surface area contributed by atoms with Crippen molar-refractivity contribution in [2.45, 2.75) is 33.3 Å². The van der Waals surface area contributed by atoms with E-state index in [1.54, 1.807) is 31.2 Å². The number of benzene rings is 1. The summed E-state index contributed by atoms with van der Waals surface area (Å²) in [5, 5.41) is 3.45. The minimum Gasteiger partial charge on any atom is -0.481 e. The zero-order valence-corrected chi connectivity index (χ0v) is 11.8. The fourth-order valence-corrected chi connectivity index (χ4v) is 1.61. The first kappa shape index (κ1) is 14.8. The molecule has 0 spiro atoms. The molecule has 0 aliphatic heterocycles. The Labute approximate surface area is 113 Å². The van der Waals surface area contributed by atoms with Gasteiger partial charge in [0, 0.05) is 11.6 Å². The highest BCUT2D eigenvalue weighted by molar-refractivity contribution is 6.30. The Kier molecular flexibility index (Phi) is 5.99. The highest BCUT2D eigenvalue weighted by Crippen LogP contribution is 2.18. The van der Waals surface area contributed by atoms with Gasteiger partial charge >= 0.3 is 0 Å². The van der Waals surface area contributed by atoms with E-state index >= 15 is 0 Å². The standard InChI is InChI=1S/C14H20ClNO2/c1-10(2)7-8-16-14(17)11(3)18-13-6-4-5-12(15)9-13/h4-6,9-11H,7-8H2,1-3H3,(H,16,17)/t11-/m0/s1. The Bertz CT molecular complexity index is 393. The van der Waals surface area contributed by atoms with Gasteiger partial charge in [0.2, 0.25) is 0 Å². The number of ether oxygens (including phenoxy) is 1. The minimum absolute atomic E-state index is 0.101. The summed E-state index contributed by atoms with van der Waals surface area (Å²) in [7, 11) is 0. The molecule has 4 heteroatoms. The number of rotatable bonds is 6. The lowest BCUT2D eigenvalue weighted by Gasteiger charge is -2.15. The molecular formula is C14H20ClNO2. The summed E-state index contributed by atoms with van der Waals surface area (Å²) < 4.78 is 5.52. The molecule has 0 bridgehead atoms. The van der Waals surface area contributed by atoms with E-state index in [9.17, 15) is 4.79 Å². The van der Waals surface area contributed by atoms with Gasteiger partial charge in [-0.25, -0.2) is 0 Å². The molecule has 1 amide bonds. The lowest BCUT2D eigenvalue weighted by atomic mass is 10.1. The number of hydrogen-bond donors (Lipinski definition) is 1. The Morgan fingerprint density at radius 2 is 2.11 bits per heavy atom. The summed E-state index contributed by atoms with van der Waals surface area (Å²) in [5.74, 6) is 1.08. The molecular weight excluding hydrogens is 250 g/mol. The Morgan fingerprint density at radius 1 is 1.39 bits per heavy atom. The van der Waals surface area contributed by atoms with E-state index in [0.717, 1.165) is 6.42 Å². The number of nitrogens with one attached hydrogen (secondary N) is 1. The predicted molar refractivity (Wildman–Crippen MR) is 74.0 cm³/mol. The number of hydrogen-bond acceptors (Lipinski definition) is 2. The van der Waals surface area contributed by atoms with Crippen molar-refractivity contribution in [3.8, 4) is 5.75 Å². The van der Waals surface area contributed by atoms with Crippen LogP contribution in [0.25, 0.3) is 0 Å². The second kappa shape index (κ2) is 7.27. The first-order chi connectivity index (χ1) is 8.49. The minimum atomic E-state index is -0.518. The van der Waals surface area contributed by atoms with E-state index < -0.39 is 6.10 Å². The van der Waals surface area contributed by atoms with E-state index in [0.29, 0.717) is 23.2 Å². The third kappa shape index (κ3) is 5.41. The van der Waals surface area contributed by atoms with Gasteiger partial charge in [0.15, 0.2) is 6.10 Å². The lowest BCUT2D eigenvalue weighted by molar-refractivity contribution is -0.127. The van der Waals surface area contributed by atoms with Crippen LogP contribution < -0.4 is 10.1 Å². The Hall–Kier alpha value is -1.22. The maximum atomic E-state index is 11.7. The summed E-state index contributed by atoms with van der Waals surface area (Å²) in [6.07, 6.45) is 0.450. The summed E-state index contributed by atoms with van der Waals surface area (Å²) in [6, 6.07) is 7.03. The lowest BCUT2D eigenvalue weighted by Crippen LogP contribution is -2.37. The van der Waals surface area contributed by atoms with Crippen LogP contribution in [0.15, 0.2) is 24.3 Å². The van der Waals surface area contributed by atoms with Crippen LogP contribution in [-0.2, 0) is 4.79 Å². The number of carbonyl (C=O) groups is 1. The molecule has 0 saturated heterocycles. The normalized spacial score (nSPS) is 12.3. The summed E-state index contributed by atoms with van der Waals surface area (Å²) in [6.45, 7) is 6.65. The maximum absolute atomic E-state index is 11.7. The van der Waals surface area contributed by atoms with E-state index in [1.165, 1.54) is 0 Å². The fourth-order valence-electron chi connectivity index (χ4n) is 1.43. The first-order valence-corrected chi connectivity index (χ1v) is 6.56. The van der Waals surface area contributed by atoms with Crippen molar-refractivity contribution in [2.24, 2.45) is 5.92 Å². The Balaban J connectivity index is 2.40. The molecule has 1 aromatic carbocycles. The molecule has 0 saturated carbocycles. The average molecular weight is 270 g/mol. The third-order valence-corrected chi connectivity index (χ3v) is 2.73. The third-order valence-electron chi connectivity index (χ3n) is 2.50. The van der Waals surface area contributed by atoms with Crippen molar-refractivity contribution < 1.29 is 9.53 Å². The molecule has 0 unspecified atom stereocenters. The largest absolute Gasteiger partial charge is 0.481 e.